The maximum atomic E-state index is 12.7. The number of azo groups is 1. The quantitative estimate of drug-likeness (QED) is 0.226. The van der Waals surface area contributed by atoms with Crippen molar-refractivity contribution in [1.82, 2.24) is 9.88 Å². The van der Waals surface area contributed by atoms with E-state index in [4.69, 9.17) is 9.47 Å². The SMILES string of the molecule is CCN1C(=O)c2cc(C#N)c(N=Nc3c(NCCCOC)nc(NCCCOC)c(C#N)c3C)cc2C1=O. The predicted molar refractivity (Wildman–Crippen MR) is 140 cm³/mol. The summed E-state index contributed by atoms with van der Waals surface area (Å²) in [6.07, 6.45) is 1.43. The van der Waals surface area contributed by atoms with Crippen molar-refractivity contribution >= 4 is 34.8 Å². The molecular formula is C26H30N8O4. The largest absolute Gasteiger partial charge is 0.385 e. The van der Waals surface area contributed by atoms with E-state index in [2.05, 4.69) is 31.9 Å². The molecule has 0 spiro atoms. The molecule has 0 saturated carbocycles. The van der Waals surface area contributed by atoms with E-state index < -0.39 is 11.8 Å². The second kappa shape index (κ2) is 13.2. The number of rotatable bonds is 13. The van der Waals surface area contributed by atoms with Crippen LogP contribution in [-0.4, -0.2) is 68.8 Å². The first-order valence-electron chi connectivity index (χ1n) is 12.2. The lowest BCUT2D eigenvalue weighted by atomic mass is 10.0. The van der Waals surface area contributed by atoms with Crippen LogP contribution in [0.1, 0.15) is 57.2 Å². The topological polar surface area (TPSA) is 165 Å². The molecule has 0 unspecified atom stereocenters. The van der Waals surface area contributed by atoms with Gasteiger partial charge in [-0.2, -0.15) is 10.5 Å². The number of nitriles is 2. The molecule has 1 aliphatic rings. The second-order valence-electron chi connectivity index (χ2n) is 8.40. The first kappa shape index (κ1) is 28.2. The number of pyridine rings is 1. The molecule has 0 saturated heterocycles. The minimum atomic E-state index is -0.442. The van der Waals surface area contributed by atoms with Gasteiger partial charge in [0.2, 0.25) is 0 Å². The maximum absolute atomic E-state index is 12.7. The van der Waals surface area contributed by atoms with E-state index in [0.717, 1.165) is 11.3 Å². The highest BCUT2D eigenvalue weighted by Crippen LogP contribution is 2.36. The van der Waals surface area contributed by atoms with Gasteiger partial charge in [-0.1, -0.05) is 0 Å². The molecule has 0 radical (unpaired) electrons. The second-order valence-corrected chi connectivity index (χ2v) is 8.40. The Morgan fingerprint density at radius 3 is 2.11 bits per heavy atom. The number of anilines is 2. The number of benzene rings is 1. The van der Waals surface area contributed by atoms with Gasteiger partial charge in [-0.15, -0.1) is 10.2 Å². The Morgan fingerprint density at radius 1 is 0.947 bits per heavy atom. The molecule has 1 aromatic heterocycles. The van der Waals surface area contributed by atoms with Crippen LogP contribution >= 0.6 is 0 Å². The van der Waals surface area contributed by atoms with E-state index in [-0.39, 0.29) is 28.9 Å². The van der Waals surface area contributed by atoms with Crippen LogP contribution in [0.2, 0.25) is 0 Å². The number of ether oxygens (including phenoxy) is 2. The molecule has 2 N–H and O–H groups in total. The zero-order chi connectivity index (χ0) is 27.7. The minimum absolute atomic E-state index is 0.101. The van der Waals surface area contributed by atoms with Gasteiger partial charge in [0, 0.05) is 52.6 Å². The Morgan fingerprint density at radius 2 is 1.55 bits per heavy atom. The van der Waals surface area contributed by atoms with Crippen LogP contribution in [0, 0.1) is 29.6 Å². The molecule has 38 heavy (non-hydrogen) atoms. The third kappa shape index (κ3) is 5.94. The maximum Gasteiger partial charge on any atom is 0.261 e. The van der Waals surface area contributed by atoms with Crippen LogP contribution in [0.3, 0.4) is 0 Å². The van der Waals surface area contributed by atoms with Gasteiger partial charge in [0.05, 0.1) is 22.3 Å². The minimum Gasteiger partial charge on any atom is -0.385 e. The summed E-state index contributed by atoms with van der Waals surface area (Å²) in [5.41, 5.74) is 1.75. The number of nitrogens with one attached hydrogen (secondary N) is 2. The summed E-state index contributed by atoms with van der Waals surface area (Å²) in [5, 5.41) is 34.6. The van der Waals surface area contributed by atoms with E-state index in [1.54, 1.807) is 28.1 Å². The Kier molecular flexibility index (Phi) is 9.82. The van der Waals surface area contributed by atoms with Crippen molar-refractivity contribution in [3.63, 3.8) is 0 Å². The summed E-state index contributed by atoms with van der Waals surface area (Å²) < 4.78 is 10.2. The number of carbonyl (C=O) groups excluding carboxylic acids is 2. The standard InChI is InChI=1S/C26H30N8O4/c1-5-34-25(35)18-12-17(14-27)21(13-19(18)26(34)36)32-33-22-16(2)20(15-28)23(29-8-6-10-37-3)31-24(22)30-9-7-11-38-4/h12-13H,5-11H2,1-4H3,(H2,29,30,31). The number of nitrogens with zero attached hydrogens (tertiary/aromatic N) is 6. The zero-order valence-corrected chi connectivity index (χ0v) is 21.9. The highest BCUT2D eigenvalue weighted by atomic mass is 16.5. The Bertz CT molecular complexity index is 1330. The molecule has 1 aliphatic heterocycles. The van der Waals surface area contributed by atoms with Crippen molar-refractivity contribution in [3.05, 3.63) is 39.9 Å². The molecule has 2 aromatic rings. The van der Waals surface area contributed by atoms with Gasteiger partial charge in [-0.25, -0.2) is 4.98 Å². The van der Waals surface area contributed by atoms with Crippen LogP contribution in [0.5, 0.6) is 0 Å². The number of hydrogen-bond acceptors (Lipinski definition) is 11. The lowest BCUT2D eigenvalue weighted by molar-refractivity contribution is 0.0663. The fourth-order valence-corrected chi connectivity index (χ4v) is 3.94. The Balaban J connectivity index is 2.04. The number of amides is 2. The van der Waals surface area contributed by atoms with Crippen molar-refractivity contribution in [3.8, 4) is 12.1 Å². The highest BCUT2D eigenvalue weighted by Gasteiger charge is 2.35. The van der Waals surface area contributed by atoms with E-state index in [1.165, 1.54) is 12.1 Å². The van der Waals surface area contributed by atoms with E-state index in [1.807, 2.05) is 6.07 Å². The molecule has 198 valence electrons. The van der Waals surface area contributed by atoms with Crippen LogP contribution in [-0.2, 0) is 9.47 Å². The Hall–Kier alpha value is -4.39. The number of methoxy groups -OCH3 is 2. The third-order valence-corrected chi connectivity index (χ3v) is 5.94. The fourth-order valence-electron chi connectivity index (χ4n) is 3.94. The number of imide groups is 1. The summed E-state index contributed by atoms with van der Waals surface area (Å²) in [4.78, 5) is 30.9. The molecule has 0 aliphatic carbocycles. The van der Waals surface area contributed by atoms with Crippen molar-refractivity contribution in [2.24, 2.45) is 10.2 Å². The van der Waals surface area contributed by atoms with Gasteiger partial charge in [0.25, 0.3) is 11.8 Å². The predicted octanol–water partition coefficient (Wildman–Crippen LogP) is 4.06. The van der Waals surface area contributed by atoms with Gasteiger partial charge < -0.3 is 20.1 Å². The van der Waals surface area contributed by atoms with Gasteiger partial charge in [-0.3, -0.25) is 14.5 Å². The van der Waals surface area contributed by atoms with Crippen molar-refractivity contribution in [2.45, 2.75) is 26.7 Å². The summed E-state index contributed by atoms with van der Waals surface area (Å²) in [6, 6.07) is 6.96. The molecule has 12 nitrogen and oxygen atoms in total. The first-order chi connectivity index (χ1) is 18.4. The normalized spacial score (nSPS) is 12.5. The van der Waals surface area contributed by atoms with E-state index >= 15 is 0 Å². The molecule has 1 aromatic carbocycles. The van der Waals surface area contributed by atoms with Crippen LogP contribution < -0.4 is 10.6 Å². The van der Waals surface area contributed by atoms with Gasteiger partial charge in [-0.05, 0) is 38.8 Å². The summed E-state index contributed by atoms with van der Waals surface area (Å²) in [7, 11) is 3.24. The first-order valence-corrected chi connectivity index (χ1v) is 12.2. The van der Waals surface area contributed by atoms with Crippen LogP contribution in [0.15, 0.2) is 22.4 Å². The molecule has 3 rings (SSSR count). The van der Waals surface area contributed by atoms with Crippen molar-refractivity contribution in [2.75, 3.05) is 57.7 Å². The third-order valence-electron chi connectivity index (χ3n) is 5.94. The average molecular weight is 519 g/mol. The van der Waals surface area contributed by atoms with E-state index in [0.29, 0.717) is 61.2 Å². The lowest BCUT2D eigenvalue weighted by Crippen LogP contribution is -2.29. The molecule has 2 amide bonds. The molecule has 2 heterocycles. The van der Waals surface area contributed by atoms with Crippen molar-refractivity contribution in [1.29, 1.82) is 10.5 Å². The monoisotopic (exact) mass is 518 g/mol. The zero-order valence-electron chi connectivity index (χ0n) is 21.9. The van der Waals surface area contributed by atoms with E-state index in [9.17, 15) is 20.1 Å². The highest BCUT2D eigenvalue weighted by molar-refractivity contribution is 6.21. The average Bonchev–Trinajstić information content (AvgIpc) is 3.15. The summed E-state index contributed by atoms with van der Waals surface area (Å²) >= 11 is 0. The number of fused-ring (bicyclic) bond motifs is 1. The summed E-state index contributed by atoms with van der Waals surface area (Å²) in [6.45, 7) is 5.86. The fraction of sp³-hybridized carbons (Fsp3) is 0.423. The van der Waals surface area contributed by atoms with Gasteiger partial charge in [0.1, 0.15) is 29.3 Å². The lowest BCUT2D eigenvalue weighted by Gasteiger charge is -2.15. The van der Waals surface area contributed by atoms with Crippen LogP contribution in [0.4, 0.5) is 23.0 Å². The molecule has 0 atom stereocenters. The molecule has 12 heteroatoms. The molecule has 0 bridgehead atoms. The molecular weight excluding hydrogens is 488 g/mol. The number of carbonyl (C=O) groups is 2. The summed E-state index contributed by atoms with van der Waals surface area (Å²) in [5.74, 6) is -0.0724. The smallest absolute Gasteiger partial charge is 0.261 e. The number of hydrogen-bond donors (Lipinski definition) is 2. The Labute approximate surface area is 221 Å². The van der Waals surface area contributed by atoms with Gasteiger partial charge in [0.15, 0.2) is 5.82 Å². The van der Waals surface area contributed by atoms with Crippen molar-refractivity contribution < 1.29 is 19.1 Å². The molecule has 0 fully saturated rings. The van der Waals surface area contributed by atoms with Crippen LogP contribution in [0.25, 0.3) is 0 Å². The number of aromatic nitrogens is 1. The van der Waals surface area contributed by atoms with Gasteiger partial charge >= 0.3 is 0 Å².